The van der Waals surface area contributed by atoms with Gasteiger partial charge in [-0.05, 0) is 24.1 Å². The van der Waals surface area contributed by atoms with Gasteiger partial charge in [0.1, 0.15) is 6.61 Å². The zero-order valence-electron chi connectivity index (χ0n) is 13.7. The Hall–Kier alpha value is -3.21. The maximum Gasteiger partial charge on any atom is 0.437 e. The van der Waals surface area contributed by atoms with Gasteiger partial charge >= 0.3 is 12.2 Å². The van der Waals surface area contributed by atoms with Crippen molar-refractivity contribution in [3.8, 4) is 0 Å². The van der Waals surface area contributed by atoms with E-state index >= 15 is 0 Å². The van der Waals surface area contributed by atoms with Crippen LogP contribution in [-0.4, -0.2) is 57.9 Å². The molecule has 11 heteroatoms. The summed E-state index contributed by atoms with van der Waals surface area (Å²) in [6, 6.07) is 5.45. The average Bonchev–Trinajstić information content (AvgIpc) is 3.08. The molecule has 0 radical (unpaired) electrons. The standard InChI is InChI=1S/C15H18N4O7/c20-8-11-5-6-18(7-11)13(16-14(21)22)17-15(23)26-9-10-1-3-12(4-2-10)19(24)25/h1-4,11,20H,5-9H2,(H,21,22)(H,16,17,23)/t11-/m0/s1. The Labute approximate surface area is 148 Å². The molecule has 0 bridgehead atoms. The number of guanidine groups is 1. The summed E-state index contributed by atoms with van der Waals surface area (Å²) in [6.45, 7) is 0.604. The summed E-state index contributed by atoms with van der Waals surface area (Å²) < 4.78 is 4.95. The molecule has 0 aliphatic carbocycles. The first-order valence-electron chi connectivity index (χ1n) is 7.73. The van der Waals surface area contributed by atoms with Crippen molar-refractivity contribution in [1.29, 1.82) is 0 Å². The molecule has 26 heavy (non-hydrogen) atoms. The van der Waals surface area contributed by atoms with E-state index < -0.39 is 17.1 Å². The number of hydrogen-bond donors (Lipinski definition) is 3. The number of carboxylic acid groups (broad SMARTS) is 1. The molecule has 1 atom stereocenters. The van der Waals surface area contributed by atoms with Crippen LogP contribution >= 0.6 is 0 Å². The van der Waals surface area contributed by atoms with Gasteiger partial charge in [-0.15, -0.1) is 4.99 Å². The van der Waals surface area contributed by atoms with Crippen molar-refractivity contribution in [2.24, 2.45) is 10.9 Å². The third-order valence-corrected chi connectivity index (χ3v) is 3.77. The van der Waals surface area contributed by atoms with Crippen molar-refractivity contribution in [3.05, 3.63) is 39.9 Å². The van der Waals surface area contributed by atoms with Crippen LogP contribution in [0.4, 0.5) is 15.3 Å². The van der Waals surface area contributed by atoms with Gasteiger partial charge in [0.05, 0.1) is 4.92 Å². The van der Waals surface area contributed by atoms with Crippen LogP contribution in [0.3, 0.4) is 0 Å². The first-order chi connectivity index (χ1) is 12.4. The SMILES string of the molecule is O=C(O)N/C(=N\C(=O)OCc1ccc([N+](=O)[O-])cc1)N1CC[C@H](CO)C1. The fraction of sp³-hybridized carbons (Fsp3) is 0.400. The highest BCUT2D eigenvalue weighted by Gasteiger charge is 2.26. The van der Waals surface area contributed by atoms with Gasteiger partial charge in [0, 0.05) is 37.7 Å². The first-order valence-corrected chi connectivity index (χ1v) is 7.73. The van der Waals surface area contributed by atoms with Gasteiger partial charge in [-0.2, -0.15) is 0 Å². The summed E-state index contributed by atoms with van der Waals surface area (Å²) in [5.41, 5.74) is 0.437. The van der Waals surface area contributed by atoms with Crippen LogP contribution in [-0.2, 0) is 11.3 Å². The fourth-order valence-electron chi connectivity index (χ4n) is 2.43. The number of non-ortho nitro benzene ring substituents is 1. The molecule has 1 aromatic rings. The van der Waals surface area contributed by atoms with Crippen molar-refractivity contribution < 1.29 is 29.5 Å². The molecule has 3 N–H and O–H groups in total. The molecule has 0 saturated carbocycles. The monoisotopic (exact) mass is 366 g/mol. The number of ether oxygens (including phenoxy) is 1. The predicted octanol–water partition coefficient (Wildman–Crippen LogP) is 1.17. The number of nitro benzene ring substituents is 1. The smallest absolute Gasteiger partial charge is 0.437 e. The van der Waals surface area contributed by atoms with Gasteiger partial charge in [0.2, 0.25) is 5.96 Å². The summed E-state index contributed by atoms with van der Waals surface area (Å²) in [5, 5.41) is 30.7. The van der Waals surface area contributed by atoms with Gasteiger partial charge in [-0.25, -0.2) is 9.59 Å². The lowest BCUT2D eigenvalue weighted by molar-refractivity contribution is -0.384. The lowest BCUT2D eigenvalue weighted by Gasteiger charge is -2.19. The number of aliphatic hydroxyl groups excluding tert-OH is 1. The molecule has 1 fully saturated rings. The molecule has 0 spiro atoms. The number of aliphatic hydroxyl groups is 1. The Balaban J connectivity index is 1.98. The second kappa shape index (κ2) is 8.76. The third kappa shape index (κ3) is 5.41. The van der Waals surface area contributed by atoms with Gasteiger partial charge < -0.3 is 19.8 Å². The first kappa shape index (κ1) is 19.1. The van der Waals surface area contributed by atoms with Crippen molar-refractivity contribution >= 4 is 23.8 Å². The summed E-state index contributed by atoms with van der Waals surface area (Å²) in [6.07, 6.45) is -1.73. The van der Waals surface area contributed by atoms with Crippen LogP contribution < -0.4 is 5.32 Å². The van der Waals surface area contributed by atoms with E-state index in [1.54, 1.807) is 4.90 Å². The van der Waals surface area contributed by atoms with Gasteiger partial charge in [0.25, 0.3) is 5.69 Å². The molecule has 1 aliphatic heterocycles. The fourth-order valence-corrected chi connectivity index (χ4v) is 2.43. The number of rotatable bonds is 4. The quantitative estimate of drug-likeness (QED) is 0.310. The van der Waals surface area contributed by atoms with Crippen molar-refractivity contribution in [1.82, 2.24) is 10.2 Å². The maximum absolute atomic E-state index is 11.9. The number of hydrogen-bond acceptors (Lipinski definition) is 6. The molecule has 2 amide bonds. The second-order valence-electron chi connectivity index (χ2n) is 5.63. The number of carbonyl (C=O) groups excluding carboxylic acids is 1. The highest BCUT2D eigenvalue weighted by atomic mass is 16.6. The Morgan fingerprint density at radius 3 is 2.62 bits per heavy atom. The number of nitro groups is 1. The number of amides is 2. The average molecular weight is 366 g/mol. The highest BCUT2D eigenvalue weighted by Crippen LogP contribution is 2.16. The molecule has 1 heterocycles. The van der Waals surface area contributed by atoms with Crippen LogP contribution in [0.25, 0.3) is 0 Å². The number of aliphatic imine (C=N–C) groups is 1. The van der Waals surface area contributed by atoms with E-state index in [-0.39, 0.29) is 30.8 Å². The Morgan fingerprint density at radius 1 is 1.38 bits per heavy atom. The second-order valence-corrected chi connectivity index (χ2v) is 5.63. The normalized spacial score (nSPS) is 17.0. The van der Waals surface area contributed by atoms with E-state index in [0.717, 1.165) is 0 Å². The number of benzene rings is 1. The molecule has 1 aliphatic rings. The molecule has 140 valence electrons. The van der Waals surface area contributed by atoms with Crippen LogP contribution in [0.1, 0.15) is 12.0 Å². The van der Waals surface area contributed by atoms with E-state index in [4.69, 9.17) is 14.9 Å². The minimum atomic E-state index is -1.38. The maximum atomic E-state index is 11.9. The minimum Gasteiger partial charge on any atom is -0.465 e. The lowest BCUT2D eigenvalue weighted by atomic mass is 10.1. The topological polar surface area (TPSA) is 155 Å². The Bertz CT molecular complexity index is 704. The zero-order valence-corrected chi connectivity index (χ0v) is 13.7. The summed E-state index contributed by atoms with van der Waals surface area (Å²) in [7, 11) is 0. The van der Waals surface area contributed by atoms with Gasteiger partial charge in [0.15, 0.2) is 0 Å². The van der Waals surface area contributed by atoms with E-state index in [0.29, 0.717) is 25.1 Å². The van der Waals surface area contributed by atoms with Crippen LogP contribution in [0.15, 0.2) is 29.3 Å². The predicted molar refractivity (Wildman–Crippen MR) is 88.6 cm³/mol. The van der Waals surface area contributed by atoms with Crippen LogP contribution in [0.5, 0.6) is 0 Å². The van der Waals surface area contributed by atoms with E-state index in [1.807, 2.05) is 0 Å². The molecule has 1 aromatic carbocycles. The molecular weight excluding hydrogens is 348 g/mol. The number of nitrogens with one attached hydrogen (secondary N) is 1. The lowest BCUT2D eigenvalue weighted by Crippen LogP contribution is -2.43. The van der Waals surface area contributed by atoms with Crippen molar-refractivity contribution in [2.75, 3.05) is 19.7 Å². The largest absolute Gasteiger partial charge is 0.465 e. The number of likely N-dealkylation sites (tertiary alicyclic amines) is 1. The van der Waals surface area contributed by atoms with E-state index in [1.165, 1.54) is 24.3 Å². The molecule has 2 rings (SSSR count). The molecule has 1 saturated heterocycles. The van der Waals surface area contributed by atoms with E-state index in [2.05, 4.69) is 10.3 Å². The van der Waals surface area contributed by atoms with E-state index in [9.17, 15) is 19.7 Å². The number of carbonyl (C=O) groups is 2. The van der Waals surface area contributed by atoms with Gasteiger partial charge in [-0.3, -0.25) is 15.4 Å². The molecule has 0 aromatic heterocycles. The molecule has 11 nitrogen and oxygen atoms in total. The molecule has 0 unspecified atom stereocenters. The highest BCUT2D eigenvalue weighted by molar-refractivity contribution is 5.98. The summed E-state index contributed by atoms with van der Waals surface area (Å²) in [4.78, 5) is 38.0. The Morgan fingerprint density at radius 2 is 2.08 bits per heavy atom. The van der Waals surface area contributed by atoms with Crippen LogP contribution in [0, 0.1) is 16.0 Å². The zero-order chi connectivity index (χ0) is 19.1. The van der Waals surface area contributed by atoms with Crippen molar-refractivity contribution in [3.63, 3.8) is 0 Å². The van der Waals surface area contributed by atoms with Gasteiger partial charge in [-0.1, -0.05) is 0 Å². The number of nitrogens with zero attached hydrogens (tertiary/aromatic N) is 3. The van der Waals surface area contributed by atoms with Crippen LogP contribution in [0.2, 0.25) is 0 Å². The molecular formula is C15H18N4O7. The van der Waals surface area contributed by atoms with Crippen molar-refractivity contribution in [2.45, 2.75) is 13.0 Å². The summed E-state index contributed by atoms with van der Waals surface area (Å²) >= 11 is 0. The third-order valence-electron chi connectivity index (χ3n) is 3.77. The Kier molecular flexibility index (Phi) is 6.44. The minimum absolute atomic E-state index is 0.0214. The summed E-state index contributed by atoms with van der Waals surface area (Å²) in [5.74, 6) is -0.186.